The van der Waals surface area contributed by atoms with Gasteiger partial charge >= 0.3 is 6.09 Å². The van der Waals surface area contributed by atoms with Crippen LogP contribution in [0.1, 0.15) is 27.2 Å². The van der Waals surface area contributed by atoms with Crippen molar-refractivity contribution in [1.82, 2.24) is 4.90 Å². The van der Waals surface area contributed by atoms with Gasteiger partial charge in [-0.1, -0.05) is 0 Å². The molecule has 0 spiro atoms. The number of aliphatic hydroxyl groups is 1. The van der Waals surface area contributed by atoms with E-state index in [-0.39, 0.29) is 6.54 Å². The number of hydrogen-bond acceptors (Lipinski definition) is 4. The third-order valence-corrected chi connectivity index (χ3v) is 2.11. The molecule has 0 aromatic carbocycles. The van der Waals surface area contributed by atoms with Crippen molar-refractivity contribution in [1.29, 1.82) is 0 Å². The zero-order chi connectivity index (χ0) is 11.6. The predicted octanol–water partition coefficient (Wildman–Crippen LogP) is 0.556. The van der Waals surface area contributed by atoms with Gasteiger partial charge in [-0.2, -0.15) is 0 Å². The molecule has 1 amide bonds. The lowest BCUT2D eigenvalue weighted by Gasteiger charge is -2.26. The Hall–Kier alpha value is -1.10. The lowest BCUT2D eigenvalue weighted by molar-refractivity contribution is -0.111. The van der Waals surface area contributed by atoms with Crippen LogP contribution < -0.4 is 0 Å². The molecule has 0 aliphatic carbocycles. The second-order valence-corrected chi connectivity index (χ2v) is 4.73. The molecular formula is C10H17NO4. The lowest BCUT2D eigenvalue weighted by Crippen LogP contribution is -2.40. The number of amides is 1. The van der Waals surface area contributed by atoms with Gasteiger partial charge in [-0.15, -0.1) is 0 Å². The molecular weight excluding hydrogens is 198 g/mol. The summed E-state index contributed by atoms with van der Waals surface area (Å²) in [5.74, 6) is 0. The summed E-state index contributed by atoms with van der Waals surface area (Å²) >= 11 is 0. The predicted molar refractivity (Wildman–Crippen MR) is 53.4 cm³/mol. The summed E-state index contributed by atoms with van der Waals surface area (Å²) < 4.78 is 5.12. The molecule has 2 atom stereocenters. The summed E-state index contributed by atoms with van der Waals surface area (Å²) in [7, 11) is 0. The Morgan fingerprint density at radius 3 is 2.60 bits per heavy atom. The second kappa shape index (κ2) is 4.18. The number of carbonyl (C=O) groups excluding carboxylic acids is 2. The van der Waals surface area contributed by atoms with Crippen molar-refractivity contribution in [2.45, 2.75) is 44.9 Å². The minimum atomic E-state index is -0.632. The minimum Gasteiger partial charge on any atom is -0.444 e. The summed E-state index contributed by atoms with van der Waals surface area (Å²) in [6.07, 6.45) is -0.216. The molecule has 1 aliphatic rings. The van der Waals surface area contributed by atoms with E-state index in [1.807, 2.05) is 0 Å². The molecule has 0 aromatic heterocycles. The number of nitrogens with zero attached hydrogens (tertiary/aromatic N) is 1. The number of aliphatic hydroxyl groups excluding tert-OH is 1. The largest absolute Gasteiger partial charge is 0.444 e. The highest BCUT2D eigenvalue weighted by Crippen LogP contribution is 2.19. The van der Waals surface area contributed by atoms with Crippen molar-refractivity contribution in [2.24, 2.45) is 0 Å². The van der Waals surface area contributed by atoms with Crippen molar-refractivity contribution in [3.63, 3.8) is 0 Å². The van der Waals surface area contributed by atoms with Crippen LogP contribution in [0, 0.1) is 0 Å². The number of likely N-dealkylation sites (tertiary alicyclic amines) is 1. The van der Waals surface area contributed by atoms with E-state index in [9.17, 15) is 14.7 Å². The van der Waals surface area contributed by atoms with Crippen LogP contribution >= 0.6 is 0 Å². The van der Waals surface area contributed by atoms with Crippen LogP contribution in [-0.4, -0.2) is 46.7 Å². The Morgan fingerprint density at radius 1 is 1.53 bits per heavy atom. The molecule has 15 heavy (non-hydrogen) atoms. The lowest BCUT2D eigenvalue weighted by atomic mass is 10.2. The van der Waals surface area contributed by atoms with Gasteiger partial charge < -0.3 is 14.6 Å². The van der Waals surface area contributed by atoms with E-state index in [0.717, 1.165) is 0 Å². The zero-order valence-electron chi connectivity index (χ0n) is 9.27. The number of ether oxygens (including phenoxy) is 1. The smallest absolute Gasteiger partial charge is 0.410 e. The van der Waals surface area contributed by atoms with E-state index >= 15 is 0 Å². The van der Waals surface area contributed by atoms with Gasteiger partial charge in [0.25, 0.3) is 0 Å². The summed E-state index contributed by atoms with van der Waals surface area (Å²) in [4.78, 5) is 23.5. The first-order chi connectivity index (χ1) is 6.83. The first-order valence-electron chi connectivity index (χ1n) is 4.96. The molecule has 0 radical (unpaired) electrons. The fourth-order valence-corrected chi connectivity index (χ4v) is 1.50. The van der Waals surface area contributed by atoms with Gasteiger partial charge in [-0.05, 0) is 20.8 Å². The van der Waals surface area contributed by atoms with Gasteiger partial charge in [-0.3, -0.25) is 4.90 Å². The van der Waals surface area contributed by atoms with Crippen LogP contribution in [0.4, 0.5) is 4.79 Å². The van der Waals surface area contributed by atoms with Crippen molar-refractivity contribution in [2.75, 3.05) is 6.54 Å². The maximum atomic E-state index is 11.6. The summed E-state index contributed by atoms with van der Waals surface area (Å²) in [5, 5.41) is 9.34. The molecule has 1 fully saturated rings. The van der Waals surface area contributed by atoms with Crippen molar-refractivity contribution in [3.8, 4) is 0 Å². The number of β-amino-alcohol motifs (C(OH)–C–C–N with tert-alkyl or cyclic N) is 1. The van der Waals surface area contributed by atoms with Crippen LogP contribution in [0.3, 0.4) is 0 Å². The van der Waals surface area contributed by atoms with Crippen molar-refractivity contribution in [3.05, 3.63) is 0 Å². The SMILES string of the molecule is CC(C)(C)OC(=O)N1C[C@H](O)CC1C=O. The maximum absolute atomic E-state index is 11.6. The van der Waals surface area contributed by atoms with Crippen LogP contribution in [-0.2, 0) is 9.53 Å². The van der Waals surface area contributed by atoms with Crippen LogP contribution in [0.5, 0.6) is 0 Å². The maximum Gasteiger partial charge on any atom is 0.410 e. The Morgan fingerprint density at radius 2 is 2.13 bits per heavy atom. The first kappa shape index (κ1) is 12.0. The molecule has 1 heterocycles. The third-order valence-electron chi connectivity index (χ3n) is 2.11. The zero-order valence-corrected chi connectivity index (χ0v) is 9.27. The summed E-state index contributed by atoms with van der Waals surface area (Å²) in [6, 6.07) is -0.560. The Bertz CT molecular complexity index is 259. The Labute approximate surface area is 89.0 Å². The Kier molecular flexibility index (Phi) is 3.34. The fourth-order valence-electron chi connectivity index (χ4n) is 1.50. The molecule has 0 aromatic rings. The third kappa shape index (κ3) is 3.20. The van der Waals surface area contributed by atoms with Gasteiger partial charge in [0.1, 0.15) is 11.9 Å². The van der Waals surface area contributed by atoms with Crippen LogP contribution in [0.2, 0.25) is 0 Å². The molecule has 5 heteroatoms. The summed E-state index contributed by atoms with van der Waals surface area (Å²) in [5.41, 5.74) is -0.585. The number of hydrogen-bond donors (Lipinski definition) is 1. The number of carbonyl (C=O) groups is 2. The second-order valence-electron chi connectivity index (χ2n) is 4.73. The average Bonchev–Trinajstić information content (AvgIpc) is 2.43. The van der Waals surface area contributed by atoms with Gasteiger partial charge in [0, 0.05) is 6.42 Å². The highest BCUT2D eigenvalue weighted by Gasteiger charge is 2.36. The Balaban J connectivity index is 2.63. The quantitative estimate of drug-likeness (QED) is 0.649. The monoisotopic (exact) mass is 215 g/mol. The molecule has 1 N–H and O–H groups in total. The van der Waals surface area contributed by atoms with Crippen molar-refractivity contribution >= 4 is 12.4 Å². The standard InChI is InChI=1S/C10H17NO4/c1-10(2,3)15-9(14)11-5-8(13)4-7(11)6-12/h6-8,13H,4-5H2,1-3H3/t7?,8-/m1/s1. The van der Waals surface area contributed by atoms with Gasteiger partial charge in [0.05, 0.1) is 18.7 Å². The molecule has 0 bridgehead atoms. The topological polar surface area (TPSA) is 66.8 Å². The van der Waals surface area contributed by atoms with E-state index < -0.39 is 23.8 Å². The van der Waals surface area contributed by atoms with Crippen LogP contribution in [0.25, 0.3) is 0 Å². The molecule has 1 aliphatic heterocycles. The first-order valence-corrected chi connectivity index (χ1v) is 4.96. The van der Waals surface area contributed by atoms with Gasteiger partial charge in [0.15, 0.2) is 0 Å². The number of aldehydes is 1. The molecule has 1 unspecified atom stereocenters. The fraction of sp³-hybridized carbons (Fsp3) is 0.800. The number of rotatable bonds is 1. The van der Waals surface area contributed by atoms with E-state index in [0.29, 0.717) is 12.7 Å². The molecule has 86 valence electrons. The average molecular weight is 215 g/mol. The van der Waals surface area contributed by atoms with E-state index in [4.69, 9.17) is 4.74 Å². The van der Waals surface area contributed by atoms with E-state index in [1.165, 1.54) is 4.90 Å². The van der Waals surface area contributed by atoms with Crippen molar-refractivity contribution < 1.29 is 19.4 Å². The molecule has 1 rings (SSSR count). The minimum absolute atomic E-state index is 0.165. The molecule has 0 saturated carbocycles. The van der Waals surface area contributed by atoms with E-state index in [1.54, 1.807) is 20.8 Å². The molecule has 1 saturated heterocycles. The van der Waals surface area contributed by atoms with Gasteiger partial charge in [-0.25, -0.2) is 4.79 Å². The highest BCUT2D eigenvalue weighted by atomic mass is 16.6. The summed E-state index contributed by atoms with van der Waals surface area (Å²) in [6.45, 7) is 5.44. The highest BCUT2D eigenvalue weighted by molar-refractivity contribution is 5.74. The van der Waals surface area contributed by atoms with E-state index in [2.05, 4.69) is 0 Å². The van der Waals surface area contributed by atoms with Gasteiger partial charge in [0.2, 0.25) is 0 Å². The molecule has 5 nitrogen and oxygen atoms in total. The van der Waals surface area contributed by atoms with Crippen LogP contribution in [0.15, 0.2) is 0 Å². The normalized spacial score (nSPS) is 26.5.